The third-order valence-corrected chi connectivity index (χ3v) is 3.92. The largest absolute Gasteiger partial charge is 0.497 e. The number of nitro groups is 2. The Bertz CT molecular complexity index is 796. The van der Waals surface area contributed by atoms with Crippen LogP contribution in [0.2, 0.25) is 0 Å². The molecule has 1 fully saturated rings. The molecule has 2 aromatic carbocycles. The zero-order valence-corrected chi connectivity index (χ0v) is 14.2. The van der Waals surface area contributed by atoms with Crippen LogP contribution in [0.4, 0.5) is 11.4 Å². The summed E-state index contributed by atoms with van der Waals surface area (Å²) < 4.78 is 5.02. The summed E-state index contributed by atoms with van der Waals surface area (Å²) in [5, 5.41) is 39.0. The molecule has 3 rings (SSSR count). The van der Waals surface area contributed by atoms with Gasteiger partial charge in [0.25, 0.3) is 11.4 Å². The first-order chi connectivity index (χ1) is 12.7. The van der Waals surface area contributed by atoms with Crippen molar-refractivity contribution in [2.45, 2.75) is 18.4 Å². The number of aromatic carboxylic acids is 1. The minimum Gasteiger partial charge on any atom is -0.497 e. The third kappa shape index (κ3) is 4.98. The maximum atomic E-state index is 10.5. The number of aliphatic hydroxyl groups is 1. The number of rotatable bonds is 5. The second-order valence-electron chi connectivity index (χ2n) is 5.82. The molecule has 1 aliphatic carbocycles. The van der Waals surface area contributed by atoms with Crippen LogP contribution in [0.3, 0.4) is 0 Å². The Kier molecular flexibility index (Phi) is 5.71. The van der Waals surface area contributed by atoms with Crippen molar-refractivity contribution in [3.63, 3.8) is 0 Å². The molecule has 0 bridgehead atoms. The van der Waals surface area contributed by atoms with Crippen molar-refractivity contribution < 1.29 is 29.6 Å². The van der Waals surface area contributed by atoms with E-state index >= 15 is 0 Å². The second-order valence-corrected chi connectivity index (χ2v) is 5.82. The normalized spacial score (nSPS) is 13.7. The second kappa shape index (κ2) is 7.79. The predicted molar refractivity (Wildman–Crippen MR) is 92.8 cm³/mol. The van der Waals surface area contributed by atoms with Gasteiger partial charge in [-0.05, 0) is 30.5 Å². The standard InChI is InChI=1S/C10H12O2.C7H4N2O6/c1-12-9-4-2-8(3-5-9)10(11)6-7-10;10-7(11)4-1-5(8(12)13)3-6(2-4)9(14)15/h2-5,11H,6-7H2,1H3;1-3H,(H,10,11). The number of nitro benzene ring substituents is 2. The molecule has 27 heavy (non-hydrogen) atoms. The topological polar surface area (TPSA) is 153 Å². The molecule has 0 atom stereocenters. The van der Waals surface area contributed by atoms with Crippen molar-refractivity contribution in [1.29, 1.82) is 0 Å². The summed E-state index contributed by atoms with van der Waals surface area (Å²) in [5.74, 6) is -0.621. The van der Waals surface area contributed by atoms with E-state index < -0.39 is 38.4 Å². The van der Waals surface area contributed by atoms with Crippen molar-refractivity contribution in [3.05, 3.63) is 73.8 Å². The van der Waals surface area contributed by atoms with Gasteiger partial charge in [0.1, 0.15) is 5.75 Å². The minimum atomic E-state index is -1.46. The van der Waals surface area contributed by atoms with Gasteiger partial charge in [-0.25, -0.2) is 4.79 Å². The van der Waals surface area contributed by atoms with Gasteiger partial charge in [-0.3, -0.25) is 20.2 Å². The average Bonchev–Trinajstić information content (AvgIpc) is 3.40. The van der Waals surface area contributed by atoms with E-state index in [1.807, 2.05) is 24.3 Å². The SMILES string of the molecule is COc1ccc(C2(O)CC2)cc1.O=C(O)c1cc([N+](=O)[O-])cc([N+](=O)[O-])c1. The average molecular weight is 376 g/mol. The lowest BCUT2D eigenvalue weighted by Gasteiger charge is -2.07. The number of ether oxygens (including phenoxy) is 1. The van der Waals surface area contributed by atoms with Crippen LogP contribution in [-0.4, -0.2) is 33.1 Å². The van der Waals surface area contributed by atoms with E-state index in [1.165, 1.54) is 0 Å². The Morgan fingerprint density at radius 2 is 1.52 bits per heavy atom. The van der Waals surface area contributed by atoms with Crippen LogP contribution in [0, 0.1) is 20.2 Å². The van der Waals surface area contributed by atoms with Crippen molar-refractivity contribution in [3.8, 4) is 5.75 Å². The van der Waals surface area contributed by atoms with Gasteiger partial charge in [0.05, 0.1) is 34.2 Å². The number of hydrogen-bond acceptors (Lipinski definition) is 7. The Morgan fingerprint density at radius 3 is 1.85 bits per heavy atom. The molecule has 10 nitrogen and oxygen atoms in total. The summed E-state index contributed by atoms with van der Waals surface area (Å²) in [5.41, 5.74) is -1.26. The Balaban J connectivity index is 0.000000198. The van der Waals surface area contributed by atoms with E-state index in [2.05, 4.69) is 0 Å². The zero-order chi connectivity index (χ0) is 20.2. The fourth-order valence-electron chi connectivity index (χ4n) is 2.24. The third-order valence-electron chi connectivity index (χ3n) is 3.92. The molecule has 2 N–H and O–H groups in total. The van der Waals surface area contributed by atoms with Gasteiger partial charge in [0.15, 0.2) is 0 Å². The van der Waals surface area contributed by atoms with Crippen LogP contribution in [0.5, 0.6) is 5.75 Å². The van der Waals surface area contributed by atoms with Crippen molar-refractivity contribution in [1.82, 2.24) is 0 Å². The molecule has 0 spiro atoms. The molecule has 0 radical (unpaired) electrons. The summed E-state index contributed by atoms with van der Waals surface area (Å²) in [4.78, 5) is 29.4. The highest BCUT2D eigenvalue weighted by molar-refractivity contribution is 5.89. The number of carboxylic acid groups (broad SMARTS) is 1. The van der Waals surface area contributed by atoms with E-state index in [0.29, 0.717) is 6.07 Å². The molecule has 1 saturated carbocycles. The van der Waals surface area contributed by atoms with E-state index in [0.717, 1.165) is 36.3 Å². The van der Waals surface area contributed by atoms with Crippen LogP contribution < -0.4 is 4.74 Å². The van der Waals surface area contributed by atoms with Crippen LogP contribution in [-0.2, 0) is 5.60 Å². The first-order valence-electron chi connectivity index (χ1n) is 7.70. The van der Waals surface area contributed by atoms with Crippen LogP contribution in [0.25, 0.3) is 0 Å². The highest BCUT2D eigenvalue weighted by Gasteiger charge is 2.41. The van der Waals surface area contributed by atoms with Crippen LogP contribution >= 0.6 is 0 Å². The maximum absolute atomic E-state index is 10.5. The van der Waals surface area contributed by atoms with Crippen molar-refractivity contribution >= 4 is 17.3 Å². The van der Waals surface area contributed by atoms with E-state index in [4.69, 9.17) is 9.84 Å². The highest BCUT2D eigenvalue weighted by Crippen LogP contribution is 2.45. The lowest BCUT2D eigenvalue weighted by Crippen LogP contribution is -2.03. The molecule has 10 heteroatoms. The Labute approximate surface area is 152 Å². The molecule has 0 aromatic heterocycles. The van der Waals surface area contributed by atoms with Gasteiger partial charge in [0, 0.05) is 12.1 Å². The van der Waals surface area contributed by atoms with Crippen LogP contribution in [0.1, 0.15) is 28.8 Å². The molecule has 142 valence electrons. The molecule has 0 amide bonds. The summed E-state index contributed by atoms with van der Waals surface area (Å²) in [6, 6.07) is 9.83. The minimum absolute atomic E-state index is 0.490. The number of hydrogen-bond donors (Lipinski definition) is 2. The number of nitrogens with zero attached hydrogens (tertiary/aromatic N) is 2. The molecule has 0 aliphatic heterocycles. The fraction of sp³-hybridized carbons (Fsp3) is 0.235. The molecular weight excluding hydrogens is 360 g/mol. The quantitative estimate of drug-likeness (QED) is 0.596. The van der Waals surface area contributed by atoms with Gasteiger partial charge in [-0.1, -0.05) is 12.1 Å². The summed E-state index contributed by atoms with van der Waals surface area (Å²) in [6.07, 6.45) is 1.78. The lowest BCUT2D eigenvalue weighted by molar-refractivity contribution is -0.394. The van der Waals surface area contributed by atoms with E-state index in [1.54, 1.807) is 7.11 Å². The first kappa shape index (κ1) is 19.8. The maximum Gasteiger partial charge on any atom is 0.336 e. The van der Waals surface area contributed by atoms with Gasteiger partial charge in [-0.15, -0.1) is 0 Å². The Hall–Kier alpha value is -3.53. The van der Waals surface area contributed by atoms with E-state index in [-0.39, 0.29) is 0 Å². The number of non-ortho nitro benzene ring substituents is 2. The number of benzene rings is 2. The summed E-state index contributed by atoms with van der Waals surface area (Å²) in [7, 11) is 1.64. The first-order valence-corrected chi connectivity index (χ1v) is 7.70. The smallest absolute Gasteiger partial charge is 0.336 e. The van der Waals surface area contributed by atoms with E-state index in [9.17, 15) is 30.1 Å². The summed E-state index contributed by atoms with van der Waals surface area (Å²) >= 11 is 0. The number of carboxylic acids is 1. The zero-order valence-electron chi connectivity index (χ0n) is 14.2. The van der Waals surface area contributed by atoms with Gasteiger partial charge < -0.3 is 14.9 Å². The molecule has 0 saturated heterocycles. The predicted octanol–water partition coefficient (Wildman–Crippen LogP) is 2.88. The van der Waals surface area contributed by atoms with Crippen molar-refractivity contribution in [2.24, 2.45) is 0 Å². The van der Waals surface area contributed by atoms with Crippen molar-refractivity contribution in [2.75, 3.05) is 7.11 Å². The van der Waals surface area contributed by atoms with Gasteiger partial charge in [0.2, 0.25) is 0 Å². The van der Waals surface area contributed by atoms with Crippen LogP contribution in [0.15, 0.2) is 42.5 Å². The monoisotopic (exact) mass is 376 g/mol. The molecule has 0 unspecified atom stereocenters. The lowest BCUT2D eigenvalue weighted by atomic mass is 10.1. The van der Waals surface area contributed by atoms with Gasteiger partial charge >= 0.3 is 5.97 Å². The molecule has 1 aliphatic rings. The highest BCUT2D eigenvalue weighted by atomic mass is 16.6. The summed E-state index contributed by atoms with van der Waals surface area (Å²) in [6.45, 7) is 0. The molecule has 0 heterocycles. The Morgan fingerprint density at radius 1 is 1.04 bits per heavy atom. The molecule has 2 aromatic rings. The fourth-order valence-corrected chi connectivity index (χ4v) is 2.24. The molecular formula is C17H16N2O8. The number of carbonyl (C=O) groups is 1. The number of methoxy groups -OCH3 is 1. The van der Waals surface area contributed by atoms with Gasteiger partial charge in [-0.2, -0.15) is 0 Å².